The second-order valence-electron chi connectivity index (χ2n) is 6.67. The highest BCUT2D eigenvalue weighted by atomic mass is 16.5. The third-order valence-electron chi connectivity index (χ3n) is 4.18. The van der Waals surface area contributed by atoms with Gasteiger partial charge in [-0.1, -0.05) is 19.9 Å². The third-order valence-corrected chi connectivity index (χ3v) is 4.18. The summed E-state index contributed by atoms with van der Waals surface area (Å²) < 4.78 is 8.16. The minimum Gasteiger partial charge on any atom is -0.462 e. The molecule has 136 valence electrons. The van der Waals surface area contributed by atoms with Gasteiger partial charge >= 0.3 is 5.97 Å². The lowest BCUT2D eigenvalue weighted by molar-refractivity contribution is 0.0523. The van der Waals surface area contributed by atoms with Crippen molar-refractivity contribution in [2.45, 2.75) is 34.2 Å². The van der Waals surface area contributed by atoms with Crippen molar-refractivity contribution in [3.63, 3.8) is 0 Å². The molecule has 7 heteroatoms. The Kier molecular flexibility index (Phi) is 4.63. The monoisotopic (exact) mass is 354 g/mol. The van der Waals surface area contributed by atoms with Crippen molar-refractivity contribution in [2.24, 2.45) is 5.92 Å². The van der Waals surface area contributed by atoms with Crippen LogP contribution >= 0.6 is 0 Å². The van der Waals surface area contributed by atoms with Crippen LogP contribution in [0.3, 0.4) is 0 Å². The number of aromatic nitrogens is 3. The maximum absolute atomic E-state index is 13.0. The van der Waals surface area contributed by atoms with Crippen LogP contribution in [0.25, 0.3) is 16.7 Å². The number of pyridine rings is 2. The van der Waals surface area contributed by atoms with Gasteiger partial charge in [-0.05, 0) is 37.5 Å². The second kappa shape index (κ2) is 6.74. The van der Waals surface area contributed by atoms with Crippen molar-refractivity contribution < 1.29 is 9.53 Å². The molecule has 3 heterocycles. The highest BCUT2D eigenvalue weighted by Gasteiger charge is 2.19. The van der Waals surface area contributed by atoms with Crippen molar-refractivity contribution in [2.75, 3.05) is 6.61 Å². The van der Waals surface area contributed by atoms with E-state index in [0.29, 0.717) is 23.2 Å². The lowest BCUT2D eigenvalue weighted by Crippen LogP contribution is -2.32. The van der Waals surface area contributed by atoms with Gasteiger partial charge in [-0.25, -0.2) is 9.78 Å². The molecule has 0 aromatic carbocycles. The first kappa shape index (κ1) is 17.8. The van der Waals surface area contributed by atoms with E-state index in [1.807, 2.05) is 26.8 Å². The third kappa shape index (κ3) is 2.89. The fourth-order valence-electron chi connectivity index (χ4n) is 3.00. The van der Waals surface area contributed by atoms with Crippen molar-refractivity contribution in [1.82, 2.24) is 14.0 Å². The number of rotatable bonds is 4. The van der Waals surface area contributed by atoms with Crippen molar-refractivity contribution in [1.29, 1.82) is 5.41 Å². The van der Waals surface area contributed by atoms with E-state index in [1.54, 1.807) is 23.8 Å². The van der Waals surface area contributed by atoms with E-state index < -0.39 is 5.97 Å². The lowest BCUT2D eigenvalue weighted by Gasteiger charge is -2.16. The van der Waals surface area contributed by atoms with E-state index in [1.165, 1.54) is 10.5 Å². The minimum absolute atomic E-state index is 0.00878. The summed E-state index contributed by atoms with van der Waals surface area (Å²) in [6.45, 7) is 8.28. The Morgan fingerprint density at radius 3 is 2.73 bits per heavy atom. The van der Waals surface area contributed by atoms with E-state index in [4.69, 9.17) is 10.1 Å². The maximum Gasteiger partial charge on any atom is 0.341 e. The summed E-state index contributed by atoms with van der Waals surface area (Å²) in [5.74, 6) is -0.396. The quantitative estimate of drug-likeness (QED) is 0.575. The highest BCUT2D eigenvalue weighted by molar-refractivity contribution is 5.93. The molecule has 0 unspecified atom stereocenters. The number of carbonyl (C=O) groups excluding carboxylic acids is 1. The Bertz CT molecular complexity index is 1130. The maximum atomic E-state index is 13.0. The number of fused-ring (bicyclic) bond motifs is 2. The molecule has 7 nitrogen and oxygen atoms in total. The van der Waals surface area contributed by atoms with Crippen LogP contribution in [0.1, 0.15) is 36.7 Å². The van der Waals surface area contributed by atoms with Gasteiger partial charge in [-0.3, -0.25) is 14.6 Å². The number of aryl methyl sites for hydroxylation is 1. The summed E-state index contributed by atoms with van der Waals surface area (Å²) >= 11 is 0. The number of nitrogens with one attached hydrogen (secondary N) is 1. The number of hydrogen-bond donors (Lipinski definition) is 1. The van der Waals surface area contributed by atoms with E-state index in [2.05, 4.69) is 4.98 Å². The van der Waals surface area contributed by atoms with Gasteiger partial charge in [0.25, 0.3) is 5.56 Å². The van der Waals surface area contributed by atoms with Gasteiger partial charge in [0.1, 0.15) is 22.3 Å². The molecule has 26 heavy (non-hydrogen) atoms. The van der Waals surface area contributed by atoms with E-state index in [-0.39, 0.29) is 29.1 Å². The normalized spacial score (nSPS) is 11.4. The number of hydrogen-bond acceptors (Lipinski definition) is 5. The molecule has 0 aliphatic carbocycles. The van der Waals surface area contributed by atoms with Gasteiger partial charge in [0.05, 0.1) is 12.0 Å². The van der Waals surface area contributed by atoms with E-state index >= 15 is 0 Å². The van der Waals surface area contributed by atoms with Crippen LogP contribution in [0.2, 0.25) is 0 Å². The second-order valence-corrected chi connectivity index (χ2v) is 6.67. The molecule has 3 rings (SSSR count). The van der Waals surface area contributed by atoms with Crippen molar-refractivity contribution in [3.8, 4) is 0 Å². The summed E-state index contributed by atoms with van der Waals surface area (Å²) in [6.07, 6.45) is 1.66. The molecule has 0 aliphatic heterocycles. The number of nitrogens with zero attached hydrogens (tertiary/aromatic N) is 3. The molecule has 0 saturated heterocycles. The van der Waals surface area contributed by atoms with Gasteiger partial charge in [-0.2, -0.15) is 0 Å². The Balaban J connectivity index is 2.49. The summed E-state index contributed by atoms with van der Waals surface area (Å²) in [4.78, 5) is 30.0. The molecule has 0 amide bonds. The molecule has 0 aliphatic rings. The van der Waals surface area contributed by atoms with Gasteiger partial charge in [0.2, 0.25) is 0 Å². The van der Waals surface area contributed by atoms with Crippen LogP contribution in [0, 0.1) is 18.3 Å². The van der Waals surface area contributed by atoms with E-state index in [9.17, 15) is 9.59 Å². The smallest absolute Gasteiger partial charge is 0.341 e. The van der Waals surface area contributed by atoms with Crippen molar-refractivity contribution in [3.05, 3.63) is 51.4 Å². The first-order valence-corrected chi connectivity index (χ1v) is 8.62. The molecular weight excluding hydrogens is 332 g/mol. The van der Waals surface area contributed by atoms with Gasteiger partial charge < -0.3 is 9.30 Å². The molecule has 0 atom stereocenters. The van der Waals surface area contributed by atoms with Crippen LogP contribution in [0.5, 0.6) is 0 Å². The molecule has 3 aromatic rings. The predicted octanol–water partition coefficient (Wildman–Crippen LogP) is 2.27. The Labute approximate surface area is 150 Å². The molecular formula is C19H22N4O3. The Morgan fingerprint density at radius 1 is 1.35 bits per heavy atom. The molecule has 3 aromatic heterocycles. The van der Waals surface area contributed by atoms with Gasteiger partial charge in [0.15, 0.2) is 0 Å². The summed E-state index contributed by atoms with van der Waals surface area (Å²) in [5, 5.41) is 8.78. The summed E-state index contributed by atoms with van der Waals surface area (Å²) in [7, 11) is 0. The summed E-state index contributed by atoms with van der Waals surface area (Å²) in [5.41, 5.74) is 1.64. The van der Waals surface area contributed by atoms with Gasteiger partial charge in [0, 0.05) is 12.7 Å². The largest absolute Gasteiger partial charge is 0.462 e. The standard InChI is InChI=1S/C19H22N4O3/c1-5-26-19(25)13-9-14-17(23(15(13)20)10-11(2)3)21-16-12(4)7-6-8-22(16)18(14)24/h6-9,11,20H,5,10H2,1-4H3. The zero-order valence-electron chi connectivity index (χ0n) is 15.4. The van der Waals surface area contributed by atoms with Crippen LogP contribution in [0.4, 0.5) is 0 Å². The van der Waals surface area contributed by atoms with Crippen LogP contribution < -0.4 is 11.0 Å². The van der Waals surface area contributed by atoms with Crippen LogP contribution in [0.15, 0.2) is 29.2 Å². The Hall–Kier alpha value is -2.96. The van der Waals surface area contributed by atoms with Crippen molar-refractivity contribution >= 4 is 22.6 Å². The molecule has 0 bridgehead atoms. The average molecular weight is 354 g/mol. The first-order valence-electron chi connectivity index (χ1n) is 8.62. The zero-order valence-corrected chi connectivity index (χ0v) is 15.4. The highest BCUT2D eigenvalue weighted by Crippen LogP contribution is 2.14. The fourth-order valence-corrected chi connectivity index (χ4v) is 3.00. The van der Waals surface area contributed by atoms with Crippen LogP contribution in [-0.2, 0) is 11.3 Å². The SMILES string of the molecule is CCOC(=O)c1cc2c(=O)n3cccc(C)c3nc2n(CC(C)C)c1=N. The molecule has 1 N–H and O–H groups in total. The molecule has 0 saturated carbocycles. The number of ether oxygens (including phenoxy) is 1. The lowest BCUT2D eigenvalue weighted by atomic mass is 10.1. The summed E-state index contributed by atoms with van der Waals surface area (Å²) in [6, 6.07) is 5.09. The number of esters is 1. The average Bonchev–Trinajstić information content (AvgIpc) is 2.58. The molecule has 0 spiro atoms. The van der Waals surface area contributed by atoms with Crippen LogP contribution in [-0.4, -0.2) is 26.5 Å². The topological polar surface area (TPSA) is 89.4 Å². The predicted molar refractivity (Wildman–Crippen MR) is 98.3 cm³/mol. The molecule has 0 radical (unpaired) electrons. The zero-order chi connectivity index (χ0) is 19.0. The minimum atomic E-state index is -0.606. The first-order chi connectivity index (χ1) is 12.3. The molecule has 0 fully saturated rings. The van der Waals surface area contributed by atoms with E-state index in [0.717, 1.165) is 5.56 Å². The van der Waals surface area contributed by atoms with Gasteiger partial charge in [-0.15, -0.1) is 0 Å². The Morgan fingerprint density at radius 2 is 2.08 bits per heavy atom. The number of carbonyl (C=O) groups is 1. The fraction of sp³-hybridized carbons (Fsp3) is 0.368.